The summed E-state index contributed by atoms with van der Waals surface area (Å²) >= 11 is 0. The Kier molecular flexibility index (Phi) is 6.03. The van der Waals surface area contributed by atoms with Crippen LogP contribution in [-0.4, -0.2) is 36.9 Å². The number of pyridine rings is 1. The summed E-state index contributed by atoms with van der Waals surface area (Å²) in [6.45, 7) is 3.87. The van der Waals surface area contributed by atoms with Crippen LogP contribution < -0.4 is 20.3 Å². The predicted octanol–water partition coefficient (Wildman–Crippen LogP) is 4.37. The number of rotatable bonds is 5. The summed E-state index contributed by atoms with van der Waals surface area (Å²) in [6, 6.07) is 7.37. The van der Waals surface area contributed by atoms with E-state index in [2.05, 4.69) is 26.9 Å². The second kappa shape index (κ2) is 8.89. The third-order valence-corrected chi connectivity index (χ3v) is 5.24. The Labute approximate surface area is 179 Å². The zero-order valence-corrected chi connectivity index (χ0v) is 17.1. The monoisotopic (exact) mass is 430 g/mol. The van der Waals surface area contributed by atoms with Gasteiger partial charge in [-0.25, -0.2) is 9.78 Å². The fraction of sp³-hybridized carbons (Fsp3) is 0.364. The summed E-state index contributed by atoms with van der Waals surface area (Å²) in [6.07, 6.45) is 3.15. The molecule has 1 saturated heterocycles. The molecule has 2 atom stereocenters. The minimum absolute atomic E-state index is 0.0584. The van der Waals surface area contributed by atoms with Crippen molar-refractivity contribution >= 4 is 17.5 Å². The van der Waals surface area contributed by atoms with Gasteiger partial charge in [0.25, 0.3) is 0 Å². The Hall–Kier alpha value is -3.20. The van der Waals surface area contributed by atoms with Gasteiger partial charge in [-0.3, -0.25) is 4.90 Å². The molecule has 164 valence electrons. The summed E-state index contributed by atoms with van der Waals surface area (Å²) < 4.78 is 35.2. The highest BCUT2D eigenvalue weighted by atomic mass is 19.3. The normalized spacial score (nSPS) is 19.0. The smallest absolute Gasteiger partial charge is 0.387 e. The SMILES string of the molecule is C=C1CN(C(=O)NC(c2ccc(OC(F)F)cc2)C2CCCO2)c2ncc(C)cc2N1. The molecule has 0 bridgehead atoms. The Morgan fingerprint density at radius 3 is 2.84 bits per heavy atom. The van der Waals surface area contributed by atoms with Gasteiger partial charge in [0.1, 0.15) is 5.75 Å². The average molecular weight is 430 g/mol. The topological polar surface area (TPSA) is 75.7 Å². The third-order valence-electron chi connectivity index (χ3n) is 5.24. The molecule has 0 saturated carbocycles. The first kappa shape index (κ1) is 21.0. The first-order chi connectivity index (χ1) is 14.9. The second-order valence-corrected chi connectivity index (χ2v) is 7.62. The van der Waals surface area contributed by atoms with Crippen molar-refractivity contribution in [3.8, 4) is 5.75 Å². The molecule has 2 amide bonds. The van der Waals surface area contributed by atoms with Crippen LogP contribution in [0.4, 0.5) is 25.1 Å². The molecule has 4 rings (SSSR count). The lowest BCUT2D eigenvalue weighted by molar-refractivity contribution is -0.0498. The summed E-state index contributed by atoms with van der Waals surface area (Å²) in [5.74, 6) is 0.574. The fourth-order valence-corrected chi connectivity index (χ4v) is 3.86. The van der Waals surface area contributed by atoms with Crippen LogP contribution in [-0.2, 0) is 4.74 Å². The largest absolute Gasteiger partial charge is 0.435 e. The van der Waals surface area contributed by atoms with Crippen LogP contribution in [0, 0.1) is 6.92 Å². The van der Waals surface area contributed by atoms with Crippen molar-refractivity contribution in [2.45, 2.75) is 38.5 Å². The van der Waals surface area contributed by atoms with E-state index in [9.17, 15) is 13.6 Å². The molecule has 2 aliphatic rings. The summed E-state index contributed by atoms with van der Waals surface area (Å²) in [7, 11) is 0. The number of anilines is 2. The molecule has 7 nitrogen and oxygen atoms in total. The number of carbonyl (C=O) groups is 1. The number of hydrogen-bond donors (Lipinski definition) is 2. The van der Waals surface area contributed by atoms with Gasteiger partial charge in [0, 0.05) is 18.5 Å². The van der Waals surface area contributed by atoms with E-state index in [0.29, 0.717) is 23.8 Å². The maximum atomic E-state index is 13.3. The van der Waals surface area contributed by atoms with Crippen molar-refractivity contribution in [2.75, 3.05) is 23.4 Å². The minimum atomic E-state index is -2.89. The molecule has 1 fully saturated rings. The zero-order chi connectivity index (χ0) is 22.0. The number of fused-ring (bicyclic) bond motifs is 1. The van der Waals surface area contributed by atoms with E-state index in [4.69, 9.17) is 4.74 Å². The van der Waals surface area contributed by atoms with E-state index in [1.807, 2.05) is 13.0 Å². The molecule has 9 heteroatoms. The van der Waals surface area contributed by atoms with E-state index in [-0.39, 0.29) is 24.4 Å². The molecular weight excluding hydrogens is 406 g/mol. The maximum absolute atomic E-state index is 13.3. The predicted molar refractivity (Wildman–Crippen MR) is 112 cm³/mol. The molecule has 31 heavy (non-hydrogen) atoms. The molecule has 1 aromatic heterocycles. The molecule has 0 radical (unpaired) electrons. The van der Waals surface area contributed by atoms with Gasteiger partial charge in [0.2, 0.25) is 0 Å². The lowest BCUT2D eigenvalue weighted by Gasteiger charge is -2.33. The van der Waals surface area contributed by atoms with Crippen molar-refractivity contribution in [1.82, 2.24) is 10.3 Å². The summed E-state index contributed by atoms with van der Waals surface area (Å²) in [4.78, 5) is 19.2. The molecule has 2 aliphatic heterocycles. The van der Waals surface area contributed by atoms with Gasteiger partial charge < -0.3 is 20.1 Å². The molecule has 0 spiro atoms. The van der Waals surface area contributed by atoms with Crippen molar-refractivity contribution in [1.29, 1.82) is 0 Å². The number of carbonyl (C=O) groups excluding carboxylic acids is 1. The number of halogens is 2. The Morgan fingerprint density at radius 1 is 1.39 bits per heavy atom. The molecule has 3 heterocycles. The summed E-state index contributed by atoms with van der Waals surface area (Å²) in [5, 5.41) is 6.21. The van der Waals surface area contributed by atoms with E-state index in [1.54, 1.807) is 18.3 Å². The van der Waals surface area contributed by atoms with Gasteiger partial charge in [-0.1, -0.05) is 18.7 Å². The van der Waals surface area contributed by atoms with Gasteiger partial charge in [-0.15, -0.1) is 0 Å². The first-order valence-corrected chi connectivity index (χ1v) is 10.1. The van der Waals surface area contributed by atoms with Crippen LogP contribution >= 0.6 is 0 Å². The second-order valence-electron chi connectivity index (χ2n) is 7.62. The number of nitrogens with one attached hydrogen (secondary N) is 2. The quantitative estimate of drug-likeness (QED) is 0.737. The Balaban J connectivity index is 1.58. The lowest BCUT2D eigenvalue weighted by Crippen LogP contribution is -2.47. The van der Waals surface area contributed by atoms with Crippen LogP contribution in [0.5, 0.6) is 5.75 Å². The number of nitrogens with zero attached hydrogens (tertiary/aromatic N) is 2. The number of amides is 2. The number of benzene rings is 1. The third kappa shape index (κ3) is 4.77. The van der Waals surface area contributed by atoms with Crippen molar-refractivity contribution in [3.05, 3.63) is 59.9 Å². The minimum Gasteiger partial charge on any atom is -0.435 e. The van der Waals surface area contributed by atoms with E-state index < -0.39 is 12.7 Å². The number of urea groups is 1. The van der Waals surface area contributed by atoms with E-state index >= 15 is 0 Å². The standard InChI is InChI=1S/C22H24F2N4O3/c1-13-10-17-20(25-11-13)28(12-14(2)26-17)22(29)27-19(18-4-3-9-30-18)15-5-7-16(8-6-15)31-21(23)24/h5-8,10-11,18-19,21,26H,2-4,9,12H2,1H3,(H,27,29). The number of aromatic nitrogens is 1. The average Bonchev–Trinajstić information content (AvgIpc) is 3.25. The van der Waals surface area contributed by atoms with Gasteiger partial charge in [0.15, 0.2) is 5.82 Å². The maximum Gasteiger partial charge on any atom is 0.387 e. The van der Waals surface area contributed by atoms with Crippen LogP contribution in [0.2, 0.25) is 0 Å². The first-order valence-electron chi connectivity index (χ1n) is 10.1. The highest BCUT2D eigenvalue weighted by Crippen LogP contribution is 2.32. The summed E-state index contributed by atoms with van der Waals surface area (Å²) in [5.41, 5.74) is 3.10. The molecule has 0 aliphatic carbocycles. The van der Waals surface area contributed by atoms with Crippen molar-refractivity contribution in [3.63, 3.8) is 0 Å². The van der Waals surface area contributed by atoms with E-state index in [1.165, 1.54) is 17.0 Å². The van der Waals surface area contributed by atoms with Crippen LogP contribution in [0.15, 0.2) is 48.8 Å². The molecule has 1 aromatic carbocycles. The van der Waals surface area contributed by atoms with E-state index in [0.717, 1.165) is 24.0 Å². The Morgan fingerprint density at radius 2 is 2.16 bits per heavy atom. The number of hydrogen-bond acceptors (Lipinski definition) is 5. The van der Waals surface area contributed by atoms with Gasteiger partial charge in [0.05, 0.1) is 24.4 Å². The highest BCUT2D eigenvalue weighted by Gasteiger charge is 2.32. The number of ether oxygens (including phenoxy) is 2. The van der Waals surface area contributed by atoms with Crippen LogP contribution in [0.1, 0.15) is 30.0 Å². The van der Waals surface area contributed by atoms with Crippen LogP contribution in [0.3, 0.4) is 0 Å². The van der Waals surface area contributed by atoms with Crippen LogP contribution in [0.25, 0.3) is 0 Å². The molecule has 2 N–H and O–H groups in total. The molecule has 2 aromatic rings. The van der Waals surface area contributed by atoms with Gasteiger partial charge >= 0.3 is 12.6 Å². The van der Waals surface area contributed by atoms with Crippen molar-refractivity contribution < 1.29 is 23.0 Å². The molecule has 2 unspecified atom stereocenters. The fourth-order valence-electron chi connectivity index (χ4n) is 3.86. The Bertz CT molecular complexity index is 962. The molecular formula is C22H24F2N4O3. The zero-order valence-electron chi connectivity index (χ0n) is 17.1. The highest BCUT2D eigenvalue weighted by molar-refractivity contribution is 5.96. The van der Waals surface area contributed by atoms with Gasteiger partial charge in [-0.05, 0) is 49.1 Å². The number of alkyl halides is 2. The van der Waals surface area contributed by atoms with Crippen molar-refractivity contribution in [2.24, 2.45) is 0 Å². The lowest BCUT2D eigenvalue weighted by atomic mass is 9.99. The van der Waals surface area contributed by atoms with Gasteiger partial charge in [-0.2, -0.15) is 8.78 Å². The number of aryl methyl sites for hydroxylation is 1.